The monoisotopic (exact) mass is 281 g/mol. The van der Waals surface area contributed by atoms with Crippen LogP contribution < -0.4 is 5.32 Å². The van der Waals surface area contributed by atoms with Crippen molar-refractivity contribution in [3.63, 3.8) is 0 Å². The molecule has 0 amide bonds. The van der Waals surface area contributed by atoms with Gasteiger partial charge in [0, 0.05) is 12.6 Å². The topological polar surface area (TPSA) is 21.3 Å². The van der Waals surface area contributed by atoms with E-state index >= 15 is 0 Å². The van der Waals surface area contributed by atoms with Crippen LogP contribution in [0, 0.1) is 0 Å². The molecular weight excluding hydrogens is 267 g/mol. The van der Waals surface area contributed by atoms with E-state index < -0.39 is 11.7 Å². The Balaban J connectivity index is 2.93. The van der Waals surface area contributed by atoms with Crippen LogP contribution in [0.5, 0.6) is 0 Å². The molecule has 1 atom stereocenters. The van der Waals surface area contributed by atoms with Crippen LogP contribution in [0.1, 0.15) is 19.4 Å². The minimum absolute atomic E-state index is 0.0492. The summed E-state index contributed by atoms with van der Waals surface area (Å²) in [6.07, 6.45) is -4.43. The molecule has 0 radical (unpaired) electrons. The van der Waals surface area contributed by atoms with Crippen LogP contribution in [-0.2, 0) is 10.9 Å². The molecule has 0 aliphatic carbocycles. The Labute approximate surface area is 109 Å². The number of ether oxygens (including phenoxy) is 1. The smallest absolute Gasteiger partial charge is 0.380 e. The van der Waals surface area contributed by atoms with Gasteiger partial charge in [-0.25, -0.2) is 0 Å². The summed E-state index contributed by atoms with van der Waals surface area (Å²) < 4.78 is 43.5. The molecular formula is C12H15ClF3NO. The number of anilines is 1. The molecule has 0 aliphatic heterocycles. The summed E-state index contributed by atoms with van der Waals surface area (Å²) >= 11 is 5.81. The van der Waals surface area contributed by atoms with E-state index in [-0.39, 0.29) is 16.8 Å². The summed E-state index contributed by atoms with van der Waals surface area (Å²) in [6, 6.07) is 3.45. The second-order valence-electron chi connectivity index (χ2n) is 3.87. The van der Waals surface area contributed by atoms with Gasteiger partial charge in [0.25, 0.3) is 0 Å². The van der Waals surface area contributed by atoms with Gasteiger partial charge in [0.15, 0.2) is 0 Å². The largest absolute Gasteiger partial charge is 0.418 e. The highest BCUT2D eigenvalue weighted by Crippen LogP contribution is 2.38. The van der Waals surface area contributed by atoms with E-state index in [1.54, 1.807) is 6.92 Å². The summed E-state index contributed by atoms with van der Waals surface area (Å²) in [6.45, 7) is 4.39. The maximum absolute atomic E-state index is 12.8. The number of para-hydroxylation sites is 1. The minimum atomic E-state index is -4.43. The van der Waals surface area contributed by atoms with Gasteiger partial charge in [-0.2, -0.15) is 13.2 Å². The lowest BCUT2D eigenvalue weighted by Crippen LogP contribution is -2.24. The van der Waals surface area contributed by atoms with Gasteiger partial charge < -0.3 is 10.1 Å². The van der Waals surface area contributed by atoms with Crippen LogP contribution in [0.3, 0.4) is 0 Å². The van der Waals surface area contributed by atoms with Crippen molar-refractivity contribution in [3.8, 4) is 0 Å². The molecule has 1 aromatic carbocycles. The average Bonchev–Trinajstić information content (AvgIpc) is 2.27. The molecule has 18 heavy (non-hydrogen) atoms. The first-order valence-electron chi connectivity index (χ1n) is 5.56. The van der Waals surface area contributed by atoms with E-state index in [1.807, 2.05) is 6.92 Å². The first-order chi connectivity index (χ1) is 8.36. The molecule has 0 fully saturated rings. The zero-order valence-electron chi connectivity index (χ0n) is 10.1. The summed E-state index contributed by atoms with van der Waals surface area (Å²) in [5, 5.41) is 2.79. The van der Waals surface area contributed by atoms with Crippen molar-refractivity contribution in [2.75, 3.05) is 18.5 Å². The summed E-state index contributed by atoms with van der Waals surface area (Å²) in [5.41, 5.74) is -0.864. The van der Waals surface area contributed by atoms with Gasteiger partial charge in [-0.3, -0.25) is 0 Å². The van der Waals surface area contributed by atoms with Gasteiger partial charge >= 0.3 is 6.18 Å². The third-order valence-corrected chi connectivity index (χ3v) is 2.60. The molecule has 2 nitrogen and oxygen atoms in total. The molecule has 102 valence electrons. The molecule has 0 saturated heterocycles. The minimum Gasteiger partial charge on any atom is -0.380 e. The first-order valence-corrected chi connectivity index (χ1v) is 5.94. The number of halogens is 4. The number of hydrogen-bond donors (Lipinski definition) is 1. The van der Waals surface area contributed by atoms with E-state index in [9.17, 15) is 13.2 Å². The summed E-state index contributed by atoms with van der Waals surface area (Å²) in [7, 11) is 0. The van der Waals surface area contributed by atoms with Gasteiger partial charge in [0.1, 0.15) is 0 Å². The van der Waals surface area contributed by atoms with Gasteiger partial charge in [0.05, 0.1) is 22.9 Å². The Hall–Kier alpha value is -0.940. The SMILES string of the molecule is CCOCC(C)Nc1c(Cl)cccc1C(F)(F)F. The Morgan fingerprint density at radius 1 is 1.39 bits per heavy atom. The highest BCUT2D eigenvalue weighted by molar-refractivity contribution is 6.33. The first kappa shape index (κ1) is 15.1. The molecule has 1 N–H and O–H groups in total. The van der Waals surface area contributed by atoms with Crippen molar-refractivity contribution in [2.24, 2.45) is 0 Å². The summed E-state index contributed by atoms with van der Waals surface area (Å²) in [4.78, 5) is 0. The Morgan fingerprint density at radius 3 is 2.61 bits per heavy atom. The van der Waals surface area contributed by atoms with Crippen LogP contribution >= 0.6 is 11.6 Å². The number of hydrogen-bond acceptors (Lipinski definition) is 2. The molecule has 0 aromatic heterocycles. The van der Waals surface area contributed by atoms with E-state index in [0.717, 1.165) is 6.07 Å². The van der Waals surface area contributed by atoms with Crippen LogP contribution in [0.25, 0.3) is 0 Å². The number of rotatable bonds is 5. The number of benzene rings is 1. The molecule has 0 heterocycles. The lowest BCUT2D eigenvalue weighted by Gasteiger charge is -2.20. The standard InChI is InChI=1S/C12H15ClF3NO/c1-3-18-7-8(2)17-11-9(12(14,15)16)5-4-6-10(11)13/h4-6,8,17H,3,7H2,1-2H3. The fourth-order valence-corrected chi connectivity index (χ4v) is 1.72. The van der Waals surface area contributed by atoms with E-state index in [4.69, 9.17) is 16.3 Å². The molecule has 0 aliphatic rings. The van der Waals surface area contributed by atoms with E-state index in [1.165, 1.54) is 12.1 Å². The molecule has 0 saturated carbocycles. The second kappa shape index (κ2) is 6.29. The molecule has 0 bridgehead atoms. The second-order valence-corrected chi connectivity index (χ2v) is 4.27. The maximum atomic E-state index is 12.8. The predicted octanol–water partition coefficient (Wildman–Crippen LogP) is 4.20. The van der Waals surface area contributed by atoms with Crippen molar-refractivity contribution >= 4 is 17.3 Å². The van der Waals surface area contributed by atoms with Crippen molar-refractivity contribution in [1.29, 1.82) is 0 Å². The van der Waals surface area contributed by atoms with Gasteiger partial charge in [-0.1, -0.05) is 17.7 Å². The highest BCUT2D eigenvalue weighted by atomic mass is 35.5. The zero-order valence-corrected chi connectivity index (χ0v) is 10.9. The fraction of sp³-hybridized carbons (Fsp3) is 0.500. The maximum Gasteiger partial charge on any atom is 0.418 e. The van der Waals surface area contributed by atoms with E-state index in [0.29, 0.717) is 13.2 Å². The predicted molar refractivity (Wildman–Crippen MR) is 66.0 cm³/mol. The van der Waals surface area contributed by atoms with Crippen LogP contribution in [0.2, 0.25) is 5.02 Å². The third kappa shape index (κ3) is 4.07. The molecule has 6 heteroatoms. The highest BCUT2D eigenvalue weighted by Gasteiger charge is 2.34. The van der Waals surface area contributed by atoms with Crippen molar-refractivity contribution < 1.29 is 17.9 Å². The Bertz CT molecular complexity index is 395. The van der Waals surface area contributed by atoms with Crippen LogP contribution in [0.4, 0.5) is 18.9 Å². The third-order valence-electron chi connectivity index (χ3n) is 2.28. The number of alkyl halides is 3. The van der Waals surface area contributed by atoms with Crippen molar-refractivity contribution in [3.05, 3.63) is 28.8 Å². The van der Waals surface area contributed by atoms with Gasteiger partial charge in [-0.05, 0) is 26.0 Å². The van der Waals surface area contributed by atoms with Crippen LogP contribution in [0.15, 0.2) is 18.2 Å². The average molecular weight is 282 g/mol. The zero-order chi connectivity index (χ0) is 13.8. The van der Waals surface area contributed by atoms with Crippen LogP contribution in [-0.4, -0.2) is 19.3 Å². The molecule has 1 aromatic rings. The van der Waals surface area contributed by atoms with Gasteiger partial charge in [0.2, 0.25) is 0 Å². The number of nitrogens with one attached hydrogen (secondary N) is 1. The lowest BCUT2D eigenvalue weighted by atomic mass is 10.1. The van der Waals surface area contributed by atoms with Crippen molar-refractivity contribution in [2.45, 2.75) is 26.1 Å². The quantitative estimate of drug-likeness (QED) is 0.873. The fourth-order valence-electron chi connectivity index (χ4n) is 1.49. The molecule has 0 spiro atoms. The van der Waals surface area contributed by atoms with Crippen molar-refractivity contribution in [1.82, 2.24) is 0 Å². The lowest BCUT2D eigenvalue weighted by molar-refractivity contribution is -0.137. The molecule has 1 rings (SSSR count). The molecule has 1 unspecified atom stereocenters. The van der Waals surface area contributed by atoms with Gasteiger partial charge in [-0.15, -0.1) is 0 Å². The normalized spacial score (nSPS) is 13.4. The van der Waals surface area contributed by atoms with E-state index in [2.05, 4.69) is 5.32 Å². The Morgan fingerprint density at radius 2 is 2.06 bits per heavy atom. The Kier molecular flexibility index (Phi) is 5.28. The summed E-state index contributed by atoms with van der Waals surface area (Å²) in [5.74, 6) is 0.